The summed E-state index contributed by atoms with van der Waals surface area (Å²) in [5.74, 6) is 0. The van der Waals surface area contributed by atoms with Crippen molar-refractivity contribution in [2.45, 2.75) is 44.7 Å². The van der Waals surface area contributed by atoms with Gasteiger partial charge in [0.05, 0.1) is 0 Å². The summed E-state index contributed by atoms with van der Waals surface area (Å²) in [6.45, 7) is 8.61. The van der Waals surface area contributed by atoms with Gasteiger partial charge in [-0.3, -0.25) is 5.32 Å². The molecule has 0 aromatic rings. The number of carbonyl (C=O) groups excluding carboxylic acids is 1. The third-order valence-electron chi connectivity index (χ3n) is 2.06. The van der Waals surface area contributed by atoms with Crippen molar-refractivity contribution in [2.24, 2.45) is 0 Å². The largest absolute Gasteiger partial charge is 0.444 e. The molecular weight excluding hydrogens is 266 g/mol. The predicted octanol–water partition coefficient (Wildman–Crippen LogP) is 2.18. The third kappa shape index (κ3) is 11.9. The van der Waals surface area contributed by atoms with Crippen LogP contribution in [0.2, 0.25) is 0 Å². The Morgan fingerprint density at radius 2 is 1.89 bits per heavy atom. The molecule has 0 spiro atoms. The van der Waals surface area contributed by atoms with Crippen molar-refractivity contribution in [3.8, 4) is 0 Å². The molecule has 6 heteroatoms. The number of hydrogen-bond acceptors (Lipinski definition) is 4. The minimum absolute atomic E-state index is 0.392. The molecule has 0 saturated heterocycles. The molecule has 0 saturated carbocycles. The minimum Gasteiger partial charge on any atom is -0.444 e. The van der Waals surface area contributed by atoms with Crippen molar-refractivity contribution in [1.29, 1.82) is 0 Å². The number of halogens is 1. The van der Waals surface area contributed by atoms with Crippen molar-refractivity contribution in [3.05, 3.63) is 12.3 Å². The van der Waals surface area contributed by atoms with Crippen LogP contribution >= 0.6 is 11.6 Å². The van der Waals surface area contributed by atoms with Gasteiger partial charge >= 0.3 is 6.09 Å². The average Bonchev–Trinajstić information content (AvgIpc) is 2.23. The smallest absolute Gasteiger partial charge is 0.407 e. The van der Waals surface area contributed by atoms with E-state index in [1.807, 2.05) is 40.8 Å². The van der Waals surface area contributed by atoms with Crippen molar-refractivity contribution < 1.29 is 9.53 Å². The molecule has 1 amide bonds. The second kappa shape index (κ2) is 8.27. The van der Waals surface area contributed by atoms with Gasteiger partial charge in [-0.2, -0.15) is 0 Å². The first-order chi connectivity index (χ1) is 8.66. The fourth-order valence-corrected chi connectivity index (χ4v) is 1.38. The topological polar surface area (TPSA) is 62.4 Å². The third-order valence-corrected chi connectivity index (χ3v) is 2.32. The van der Waals surface area contributed by atoms with Crippen LogP contribution in [0.1, 0.15) is 34.1 Å². The summed E-state index contributed by atoms with van der Waals surface area (Å²) in [6, 6.07) is 0. The van der Waals surface area contributed by atoms with Gasteiger partial charge in [0, 0.05) is 13.6 Å². The molecule has 1 atom stereocenters. The van der Waals surface area contributed by atoms with Crippen molar-refractivity contribution in [1.82, 2.24) is 16.0 Å². The molecule has 19 heavy (non-hydrogen) atoms. The van der Waals surface area contributed by atoms with Crippen LogP contribution in [0.5, 0.6) is 0 Å². The maximum atomic E-state index is 11.4. The van der Waals surface area contributed by atoms with E-state index in [2.05, 4.69) is 16.0 Å². The molecule has 112 valence electrons. The van der Waals surface area contributed by atoms with Crippen molar-refractivity contribution in [2.75, 3.05) is 20.1 Å². The van der Waals surface area contributed by atoms with Crippen molar-refractivity contribution >= 4 is 17.7 Å². The summed E-state index contributed by atoms with van der Waals surface area (Å²) in [5, 5.41) is 8.74. The number of ether oxygens (including phenoxy) is 1. The summed E-state index contributed by atoms with van der Waals surface area (Å²) in [7, 11) is 1.81. The van der Waals surface area contributed by atoms with Crippen LogP contribution in [0.4, 0.5) is 4.79 Å². The standard InChI is InChI=1S/C13H26ClN3O2/c1-12(2,3)19-11(18)16-8-6-9-17-13(4,14)7-10-15-5/h7,10,15,17H,6,8-9H2,1-5H3,(H,16,18)/b10-7-. The molecular formula is C13H26ClN3O2. The van der Waals surface area contributed by atoms with Crippen LogP contribution in [0, 0.1) is 0 Å². The zero-order chi connectivity index (χ0) is 14.9. The van der Waals surface area contributed by atoms with Crippen LogP contribution < -0.4 is 16.0 Å². The fraction of sp³-hybridized carbons (Fsp3) is 0.769. The Bertz CT molecular complexity index is 299. The Kier molecular flexibility index (Phi) is 7.87. The highest BCUT2D eigenvalue weighted by Crippen LogP contribution is 2.10. The van der Waals surface area contributed by atoms with E-state index in [9.17, 15) is 4.79 Å². The molecule has 0 bridgehead atoms. The SMILES string of the molecule is CN/C=C\C(C)(Cl)NCCCNC(=O)OC(C)(C)C. The van der Waals surface area contributed by atoms with E-state index in [0.717, 1.165) is 6.42 Å². The molecule has 0 aliphatic heterocycles. The van der Waals surface area contributed by atoms with Gasteiger partial charge in [-0.25, -0.2) is 4.79 Å². The molecule has 5 nitrogen and oxygen atoms in total. The van der Waals surface area contributed by atoms with E-state index < -0.39 is 16.7 Å². The van der Waals surface area contributed by atoms with Gasteiger partial charge in [-0.15, -0.1) is 0 Å². The Labute approximate surface area is 121 Å². The lowest BCUT2D eigenvalue weighted by atomic mass is 10.2. The van der Waals surface area contributed by atoms with E-state index >= 15 is 0 Å². The Balaban J connectivity index is 3.71. The van der Waals surface area contributed by atoms with Crippen molar-refractivity contribution in [3.63, 3.8) is 0 Å². The number of nitrogens with one attached hydrogen (secondary N) is 3. The van der Waals surface area contributed by atoms with E-state index in [4.69, 9.17) is 16.3 Å². The van der Waals surface area contributed by atoms with Gasteiger partial charge in [0.25, 0.3) is 0 Å². The number of alkyl carbamates (subject to hydrolysis) is 1. The first-order valence-corrected chi connectivity index (χ1v) is 6.80. The molecule has 3 N–H and O–H groups in total. The molecule has 0 aromatic heterocycles. The summed E-state index contributed by atoms with van der Waals surface area (Å²) < 4.78 is 5.12. The quantitative estimate of drug-likeness (QED) is 0.382. The highest BCUT2D eigenvalue weighted by Gasteiger charge is 2.16. The first-order valence-electron chi connectivity index (χ1n) is 6.42. The lowest BCUT2D eigenvalue weighted by molar-refractivity contribution is 0.0527. The first kappa shape index (κ1) is 18.1. The minimum atomic E-state index is -0.588. The van der Waals surface area contributed by atoms with Gasteiger partial charge in [-0.05, 0) is 52.9 Å². The van der Waals surface area contributed by atoms with Gasteiger partial charge in [0.1, 0.15) is 10.6 Å². The monoisotopic (exact) mass is 291 g/mol. The van der Waals surface area contributed by atoms with E-state index in [1.54, 1.807) is 6.20 Å². The normalized spacial score (nSPS) is 15.1. The Morgan fingerprint density at radius 1 is 1.26 bits per heavy atom. The lowest BCUT2D eigenvalue weighted by Gasteiger charge is -2.21. The van der Waals surface area contributed by atoms with Crippen LogP contribution in [0.15, 0.2) is 12.3 Å². The summed E-state index contributed by atoms with van der Waals surface area (Å²) >= 11 is 6.19. The Morgan fingerprint density at radius 3 is 2.42 bits per heavy atom. The number of hydrogen-bond donors (Lipinski definition) is 3. The summed E-state index contributed by atoms with van der Waals surface area (Å²) in [4.78, 5) is 10.8. The summed E-state index contributed by atoms with van der Waals surface area (Å²) in [5.41, 5.74) is -0.463. The van der Waals surface area contributed by atoms with E-state index in [1.165, 1.54) is 0 Å². The van der Waals surface area contributed by atoms with Crippen LogP contribution in [0.25, 0.3) is 0 Å². The van der Waals surface area contributed by atoms with E-state index in [0.29, 0.717) is 13.1 Å². The van der Waals surface area contributed by atoms with Gasteiger partial charge < -0.3 is 15.4 Å². The van der Waals surface area contributed by atoms with Crippen LogP contribution in [-0.2, 0) is 4.74 Å². The van der Waals surface area contributed by atoms with Gasteiger partial charge in [0.15, 0.2) is 0 Å². The van der Waals surface area contributed by atoms with Gasteiger partial charge in [0.2, 0.25) is 0 Å². The number of rotatable bonds is 7. The Hall–Kier alpha value is -0.940. The number of carbonyl (C=O) groups is 1. The van der Waals surface area contributed by atoms with Crippen LogP contribution in [-0.4, -0.2) is 36.8 Å². The molecule has 0 fully saturated rings. The molecule has 0 rings (SSSR count). The fourth-order valence-electron chi connectivity index (χ4n) is 1.22. The van der Waals surface area contributed by atoms with E-state index in [-0.39, 0.29) is 0 Å². The highest BCUT2D eigenvalue weighted by molar-refractivity contribution is 6.24. The highest BCUT2D eigenvalue weighted by atomic mass is 35.5. The zero-order valence-electron chi connectivity index (χ0n) is 12.5. The molecule has 1 unspecified atom stereocenters. The second-order valence-electron chi connectivity index (χ2n) is 5.41. The maximum Gasteiger partial charge on any atom is 0.407 e. The summed E-state index contributed by atoms with van der Waals surface area (Å²) in [6.07, 6.45) is 3.99. The maximum absolute atomic E-state index is 11.4. The second-order valence-corrected chi connectivity index (χ2v) is 6.19. The average molecular weight is 292 g/mol. The number of alkyl halides is 1. The molecule has 0 heterocycles. The zero-order valence-corrected chi connectivity index (χ0v) is 13.2. The molecule has 0 aliphatic rings. The number of amides is 1. The molecule has 0 aromatic carbocycles. The molecule has 0 aliphatic carbocycles. The lowest BCUT2D eigenvalue weighted by Crippen LogP contribution is -2.38. The van der Waals surface area contributed by atoms with Crippen LogP contribution in [0.3, 0.4) is 0 Å². The molecule has 0 radical (unpaired) electrons. The predicted molar refractivity (Wildman–Crippen MR) is 79.3 cm³/mol. The van der Waals surface area contributed by atoms with Gasteiger partial charge in [-0.1, -0.05) is 11.6 Å².